The van der Waals surface area contributed by atoms with Gasteiger partial charge in [-0.1, -0.05) is 12.8 Å². The molecule has 1 aromatic carbocycles. The molecule has 1 aromatic rings. The van der Waals surface area contributed by atoms with Gasteiger partial charge in [0.2, 0.25) is 10.0 Å². The number of nitrogens with two attached hydrogens (primary N) is 1. The van der Waals surface area contributed by atoms with E-state index >= 15 is 0 Å². The van der Waals surface area contributed by atoms with Crippen molar-refractivity contribution in [1.82, 2.24) is 0 Å². The summed E-state index contributed by atoms with van der Waals surface area (Å²) in [6, 6.07) is 1.48. The third-order valence-corrected chi connectivity index (χ3v) is 4.91. The van der Waals surface area contributed by atoms with Gasteiger partial charge in [0.15, 0.2) is 5.82 Å². The maximum Gasteiger partial charge on any atom is 0.235 e. The van der Waals surface area contributed by atoms with Gasteiger partial charge in [-0.15, -0.1) is 0 Å². The number of halogens is 2. The number of rotatable bonds is 3. The Balaban J connectivity index is 2.29. The van der Waals surface area contributed by atoms with Crippen LogP contribution >= 0.6 is 0 Å². The maximum absolute atomic E-state index is 13.5. The fourth-order valence-electron chi connectivity index (χ4n) is 2.13. The second-order valence-corrected chi connectivity index (χ2v) is 6.37. The molecule has 18 heavy (non-hydrogen) atoms. The van der Waals surface area contributed by atoms with Crippen molar-refractivity contribution >= 4 is 21.4 Å². The highest BCUT2D eigenvalue weighted by Gasteiger charge is 2.29. The third kappa shape index (κ3) is 2.55. The Bertz CT molecular complexity index is 531. The first-order valence-electron chi connectivity index (χ1n) is 5.66. The van der Waals surface area contributed by atoms with Gasteiger partial charge in [0.05, 0.1) is 10.9 Å². The fraction of sp³-hybridized carbons (Fsp3) is 0.455. The molecule has 0 heterocycles. The van der Waals surface area contributed by atoms with Crippen LogP contribution in [0.3, 0.4) is 0 Å². The number of benzene rings is 1. The quantitative estimate of drug-likeness (QED) is 0.831. The van der Waals surface area contributed by atoms with Crippen molar-refractivity contribution in [2.45, 2.75) is 30.9 Å². The molecule has 0 aromatic heterocycles. The number of nitrogens with one attached hydrogen (secondary N) is 1. The lowest BCUT2D eigenvalue weighted by Gasteiger charge is -2.15. The lowest BCUT2D eigenvalue weighted by atomic mass is 10.2. The van der Waals surface area contributed by atoms with Gasteiger partial charge in [0, 0.05) is 6.07 Å². The van der Waals surface area contributed by atoms with Crippen molar-refractivity contribution in [3.8, 4) is 0 Å². The minimum Gasteiger partial charge on any atom is -0.397 e. The van der Waals surface area contributed by atoms with Crippen molar-refractivity contribution in [2.75, 3.05) is 10.5 Å². The molecule has 0 unspecified atom stereocenters. The van der Waals surface area contributed by atoms with Gasteiger partial charge < -0.3 is 5.73 Å². The number of hydrogen-bond acceptors (Lipinski definition) is 3. The summed E-state index contributed by atoms with van der Waals surface area (Å²) in [7, 11) is -3.66. The molecule has 0 spiro atoms. The molecule has 4 nitrogen and oxygen atoms in total. The summed E-state index contributed by atoms with van der Waals surface area (Å²) < 4.78 is 52.4. The van der Waals surface area contributed by atoms with Gasteiger partial charge in [-0.25, -0.2) is 17.2 Å². The Morgan fingerprint density at radius 2 is 1.83 bits per heavy atom. The highest BCUT2D eigenvalue weighted by molar-refractivity contribution is 7.93. The lowest BCUT2D eigenvalue weighted by molar-refractivity contribution is 0.578. The number of hydrogen-bond donors (Lipinski definition) is 2. The predicted molar refractivity (Wildman–Crippen MR) is 65.6 cm³/mol. The summed E-state index contributed by atoms with van der Waals surface area (Å²) >= 11 is 0. The van der Waals surface area contributed by atoms with Crippen LogP contribution in [0.5, 0.6) is 0 Å². The molecule has 0 radical (unpaired) electrons. The van der Waals surface area contributed by atoms with Crippen LogP contribution in [0.2, 0.25) is 0 Å². The first kappa shape index (κ1) is 13.1. The molecule has 1 aliphatic carbocycles. The second-order valence-electron chi connectivity index (χ2n) is 4.41. The molecule has 2 rings (SSSR count). The Labute approximate surface area is 104 Å². The van der Waals surface area contributed by atoms with Crippen LogP contribution in [-0.2, 0) is 10.0 Å². The van der Waals surface area contributed by atoms with Gasteiger partial charge in [-0.3, -0.25) is 4.72 Å². The molecule has 0 atom stereocenters. The van der Waals surface area contributed by atoms with Crippen LogP contribution in [0, 0.1) is 11.6 Å². The lowest BCUT2D eigenvalue weighted by Crippen LogP contribution is -2.26. The van der Waals surface area contributed by atoms with E-state index in [0.29, 0.717) is 18.9 Å². The van der Waals surface area contributed by atoms with Crippen LogP contribution in [-0.4, -0.2) is 13.7 Å². The summed E-state index contributed by atoms with van der Waals surface area (Å²) in [6.45, 7) is 0. The number of sulfonamides is 1. The van der Waals surface area contributed by atoms with E-state index in [0.717, 1.165) is 18.9 Å². The summed E-state index contributed by atoms with van der Waals surface area (Å²) in [6.07, 6.45) is 2.79. The third-order valence-electron chi connectivity index (χ3n) is 3.07. The van der Waals surface area contributed by atoms with Crippen LogP contribution < -0.4 is 10.5 Å². The zero-order valence-electron chi connectivity index (χ0n) is 9.62. The molecule has 0 bridgehead atoms. The zero-order valence-corrected chi connectivity index (χ0v) is 10.4. The number of nitrogen functional groups attached to an aromatic ring is 1. The fourth-order valence-corrected chi connectivity index (χ4v) is 3.75. The van der Waals surface area contributed by atoms with Crippen LogP contribution in [0.4, 0.5) is 20.2 Å². The van der Waals surface area contributed by atoms with E-state index in [1.54, 1.807) is 0 Å². The van der Waals surface area contributed by atoms with Crippen molar-refractivity contribution in [3.05, 3.63) is 23.8 Å². The molecule has 1 aliphatic rings. The molecule has 7 heteroatoms. The van der Waals surface area contributed by atoms with Gasteiger partial charge >= 0.3 is 0 Å². The molecule has 0 amide bonds. The van der Waals surface area contributed by atoms with Crippen molar-refractivity contribution in [2.24, 2.45) is 0 Å². The van der Waals surface area contributed by atoms with E-state index < -0.39 is 26.9 Å². The Hall–Kier alpha value is -1.37. The van der Waals surface area contributed by atoms with Crippen molar-refractivity contribution in [3.63, 3.8) is 0 Å². The summed E-state index contributed by atoms with van der Waals surface area (Å²) in [5.41, 5.74) is 4.79. The van der Waals surface area contributed by atoms with E-state index in [4.69, 9.17) is 5.73 Å². The number of anilines is 2. The molecule has 0 aliphatic heterocycles. The predicted octanol–water partition coefficient (Wildman–Crippen LogP) is 2.23. The average molecular weight is 276 g/mol. The molecule has 100 valence electrons. The van der Waals surface area contributed by atoms with E-state index in [9.17, 15) is 17.2 Å². The summed E-state index contributed by atoms with van der Waals surface area (Å²) in [4.78, 5) is 0. The first-order valence-corrected chi connectivity index (χ1v) is 7.21. The minimum absolute atomic E-state index is 0.255. The topological polar surface area (TPSA) is 72.2 Å². The average Bonchev–Trinajstić information content (AvgIpc) is 2.77. The highest BCUT2D eigenvalue weighted by Crippen LogP contribution is 2.30. The Morgan fingerprint density at radius 1 is 1.22 bits per heavy atom. The Morgan fingerprint density at radius 3 is 2.39 bits per heavy atom. The smallest absolute Gasteiger partial charge is 0.235 e. The van der Waals surface area contributed by atoms with E-state index in [-0.39, 0.29) is 11.4 Å². The van der Waals surface area contributed by atoms with Gasteiger partial charge in [0.25, 0.3) is 0 Å². The van der Waals surface area contributed by atoms with Gasteiger partial charge in [-0.2, -0.15) is 0 Å². The summed E-state index contributed by atoms with van der Waals surface area (Å²) in [5.74, 6) is -1.84. The second kappa shape index (κ2) is 4.72. The molecular formula is C11H14F2N2O2S. The van der Waals surface area contributed by atoms with Crippen LogP contribution in [0.15, 0.2) is 12.1 Å². The Kier molecular flexibility index (Phi) is 3.43. The van der Waals surface area contributed by atoms with E-state index in [2.05, 4.69) is 4.72 Å². The largest absolute Gasteiger partial charge is 0.397 e. The normalized spacial score (nSPS) is 17.0. The van der Waals surface area contributed by atoms with Crippen LogP contribution in [0.25, 0.3) is 0 Å². The first-order chi connectivity index (χ1) is 8.40. The van der Waals surface area contributed by atoms with Crippen molar-refractivity contribution in [1.29, 1.82) is 0 Å². The van der Waals surface area contributed by atoms with Crippen LogP contribution in [0.1, 0.15) is 25.7 Å². The highest BCUT2D eigenvalue weighted by atomic mass is 32.2. The minimum atomic E-state index is -3.66. The zero-order chi connectivity index (χ0) is 13.3. The van der Waals surface area contributed by atoms with Gasteiger partial charge in [0.1, 0.15) is 11.5 Å². The maximum atomic E-state index is 13.5. The summed E-state index contributed by atoms with van der Waals surface area (Å²) in [5, 5.41) is -0.527. The molecule has 1 fully saturated rings. The van der Waals surface area contributed by atoms with E-state index in [1.165, 1.54) is 0 Å². The molecule has 0 saturated heterocycles. The molecule has 1 saturated carbocycles. The standard InChI is InChI=1S/C11H14F2N2O2S/c12-7-5-9(13)11(10(14)6-7)15-18(16,17)8-3-1-2-4-8/h5-6,8,15H,1-4,14H2. The van der Waals surface area contributed by atoms with E-state index in [1.807, 2.05) is 0 Å². The van der Waals surface area contributed by atoms with Crippen molar-refractivity contribution < 1.29 is 17.2 Å². The SMILES string of the molecule is Nc1cc(F)cc(F)c1NS(=O)(=O)C1CCCC1. The monoisotopic (exact) mass is 276 g/mol. The molecular weight excluding hydrogens is 262 g/mol. The van der Waals surface area contributed by atoms with Gasteiger partial charge in [-0.05, 0) is 18.9 Å². The molecule has 3 N–H and O–H groups in total.